The summed E-state index contributed by atoms with van der Waals surface area (Å²) in [6.07, 6.45) is -2.52. The molecule has 14 heavy (non-hydrogen) atoms. The minimum Gasteiger partial charge on any atom is -0.387 e. The van der Waals surface area contributed by atoms with E-state index in [1.807, 2.05) is 0 Å². The number of halogens is 3. The van der Waals surface area contributed by atoms with E-state index in [1.165, 1.54) is 0 Å². The van der Waals surface area contributed by atoms with E-state index in [2.05, 4.69) is 0 Å². The molecule has 1 unspecified atom stereocenters. The third kappa shape index (κ3) is 2.87. The Morgan fingerprint density at radius 3 is 2.36 bits per heavy atom. The van der Waals surface area contributed by atoms with Gasteiger partial charge in [-0.1, -0.05) is 0 Å². The van der Waals surface area contributed by atoms with Crippen molar-refractivity contribution in [2.75, 3.05) is 13.6 Å². The van der Waals surface area contributed by atoms with Crippen molar-refractivity contribution < 1.29 is 13.2 Å². The Balaban J connectivity index is 2.54. The van der Waals surface area contributed by atoms with Gasteiger partial charge in [0, 0.05) is 12.6 Å². The molecule has 1 fully saturated rings. The summed E-state index contributed by atoms with van der Waals surface area (Å²) < 4.78 is 37.1. The molecule has 1 aliphatic carbocycles. The zero-order chi connectivity index (χ0) is 10.9. The average Bonchev–Trinajstić information content (AvgIpc) is 2.78. The lowest BCUT2D eigenvalue weighted by atomic mass is 10.1. The van der Waals surface area contributed by atoms with Crippen molar-refractivity contribution in [2.45, 2.75) is 25.1 Å². The molecule has 1 saturated carbocycles. The fourth-order valence-corrected chi connectivity index (χ4v) is 1.33. The lowest BCUT2D eigenvalue weighted by Crippen LogP contribution is -2.43. The van der Waals surface area contributed by atoms with Crippen LogP contribution in [-0.2, 0) is 0 Å². The number of hydrogen-bond donors (Lipinski definition) is 2. The smallest absolute Gasteiger partial charge is 0.387 e. The van der Waals surface area contributed by atoms with Crippen LogP contribution in [0, 0.1) is 11.3 Å². The molecular formula is C8H14F3N3. The summed E-state index contributed by atoms with van der Waals surface area (Å²) in [6.45, 7) is -0.205. The Bertz CT molecular complexity index is 222. The minimum atomic E-state index is -4.41. The van der Waals surface area contributed by atoms with Gasteiger partial charge in [0.15, 0.2) is 0 Å². The zero-order valence-electron chi connectivity index (χ0n) is 7.93. The van der Waals surface area contributed by atoms with E-state index in [-0.39, 0.29) is 12.6 Å². The predicted octanol–water partition coefficient (Wildman–Crippen LogP) is 1.20. The van der Waals surface area contributed by atoms with E-state index in [0.717, 1.165) is 12.8 Å². The molecule has 82 valence electrons. The van der Waals surface area contributed by atoms with Crippen LogP contribution in [0.25, 0.3) is 0 Å². The molecule has 0 spiro atoms. The molecule has 0 radical (unpaired) electrons. The van der Waals surface area contributed by atoms with Gasteiger partial charge in [0.05, 0.1) is 0 Å². The third-order valence-electron chi connectivity index (χ3n) is 2.41. The Labute approximate surface area is 80.6 Å². The van der Waals surface area contributed by atoms with Crippen LogP contribution in [0.15, 0.2) is 0 Å². The van der Waals surface area contributed by atoms with Gasteiger partial charge in [0.25, 0.3) is 0 Å². The van der Waals surface area contributed by atoms with E-state index >= 15 is 0 Å². The lowest BCUT2D eigenvalue weighted by molar-refractivity contribution is -0.159. The minimum absolute atomic E-state index is 0.205. The summed E-state index contributed by atoms with van der Waals surface area (Å²) in [5, 5.41) is 6.89. The molecule has 0 heterocycles. The molecule has 0 aromatic heterocycles. The number of hydrogen-bond acceptors (Lipinski definition) is 2. The van der Waals surface area contributed by atoms with Crippen molar-refractivity contribution in [1.82, 2.24) is 4.90 Å². The van der Waals surface area contributed by atoms with Gasteiger partial charge >= 0.3 is 6.18 Å². The summed E-state index contributed by atoms with van der Waals surface area (Å²) in [7, 11) is 1.64. The molecule has 0 aromatic rings. The van der Waals surface area contributed by atoms with Gasteiger partial charge < -0.3 is 10.6 Å². The van der Waals surface area contributed by atoms with E-state index in [4.69, 9.17) is 11.1 Å². The average molecular weight is 209 g/mol. The van der Waals surface area contributed by atoms with E-state index in [9.17, 15) is 13.2 Å². The number of nitrogens with one attached hydrogen (secondary N) is 1. The van der Waals surface area contributed by atoms with Crippen molar-refractivity contribution in [2.24, 2.45) is 11.7 Å². The Kier molecular flexibility index (Phi) is 3.04. The van der Waals surface area contributed by atoms with Crippen LogP contribution >= 0.6 is 0 Å². The monoisotopic (exact) mass is 209 g/mol. The van der Waals surface area contributed by atoms with Crippen LogP contribution in [-0.4, -0.2) is 36.5 Å². The van der Waals surface area contributed by atoms with E-state index in [1.54, 1.807) is 11.9 Å². The van der Waals surface area contributed by atoms with Gasteiger partial charge in [0.1, 0.15) is 11.8 Å². The second-order valence-corrected chi connectivity index (χ2v) is 3.72. The SMILES string of the molecule is CN(CC(C(=N)N)C(F)(F)F)C1CC1. The maximum absolute atomic E-state index is 12.4. The Morgan fingerprint density at radius 1 is 1.57 bits per heavy atom. The highest BCUT2D eigenvalue weighted by Crippen LogP contribution is 2.31. The molecule has 3 nitrogen and oxygen atoms in total. The molecule has 1 rings (SSSR count). The number of nitrogens with two attached hydrogens (primary N) is 1. The van der Waals surface area contributed by atoms with Crippen molar-refractivity contribution in [1.29, 1.82) is 5.41 Å². The maximum Gasteiger partial charge on any atom is 0.399 e. The first-order valence-electron chi connectivity index (χ1n) is 4.43. The fourth-order valence-electron chi connectivity index (χ4n) is 1.33. The number of nitrogens with zero attached hydrogens (tertiary/aromatic N) is 1. The van der Waals surface area contributed by atoms with Crippen LogP contribution in [0.3, 0.4) is 0 Å². The van der Waals surface area contributed by atoms with Crippen LogP contribution in [0.5, 0.6) is 0 Å². The summed E-state index contributed by atoms with van der Waals surface area (Å²) in [6, 6.07) is 0.249. The van der Waals surface area contributed by atoms with E-state index in [0.29, 0.717) is 0 Å². The predicted molar refractivity (Wildman–Crippen MR) is 47.1 cm³/mol. The highest BCUT2D eigenvalue weighted by molar-refractivity contribution is 5.80. The highest BCUT2D eigenvalue weighted by Gasteiger charge is 2.43. The molecule has 0 aromatic carbocycles. The normalized spacial score (nSPS) is 19.8. The van der Waals surface area contributed by atoms with Crippen LogP contribution in [0.2, 0.25) is 0 Å². The number of amidine groups is 1. The molecule has 0 amide bonds. The molecule has 6 heteroatoms. The molecule has 1 aliphatic rings. The first kappa shape index (κ1) is 11.3. The van der Waals surface area contributed by atoms with Gasteiger partial charge in [0.2, 0.25) is 0 Å². The van der Waals surface area contributed by atoms with Gasteiger partial charge in [-0.3, -0.25) is 5.41 Å². The van der Waals surface area contributed by atoms with Gasteiger partial charge in [-0.15, -0.1) is 0 Å². The topological polar surface area (TPSA) is 53.1 Å². The van der Waals surface area contributed by atoms with Crippen molar-refractivity contribution in [3.05, 3.63) is 0 Å². The maximum atomic E-state index is 12.4. The fraction of sp³-hybridized carbons (Fsp3) is 0.875. The third-order valence-corrected chi connectivity index (χ3v) is 2.41. The highest BCUT2D eigenvalue weighted by atomic mass is 19.4. The van der Waals surface area contributed by atoms with Crippen LogP contribution in [0.1, 0.15) is 12.8 Å². The number of rotatable bonds is 4. The van der Waals surface area contributed by atoms with Crippen molar-refractivity contribution >= 4 is 5.84 Å². The summed E-state index contributed by atoms with van der Waals surface area (Å²) in [5.74, 6) is -2.63. The van der Waals surface area contributed by atoms with Gasteiger partial charge in [-0.2, -0.15) is 13.2 Å². The molecule has 3 N–H and O–H groups in total. The zero-order valence-corrected chi connectivity index (χ0v) is 7.93. The van der Waals surface area contributed by atoms with Crippen LogP contribution < -0.4 is 5.73 Å². The van der Waals surface area contributed by atoms with E-state index < -0.39 is 17.9 Å². The first-order chi connectivity index (χ1) is 6.32. The second kappa shape index (κ2) is 3.76. The first-order valence-corrected chi connectivity index (χ1v) is 4.43. The molecular weight excluding hydrogens is 195 g/mol. The Morgan fingerprint density at radius 2 is 2.07 bits per heavy atom. The lowest BCUT2D eigenvalue weighted by Gasteiger charge is -2.24. The van der Waals surface area contributed by atoms with Crippen molar-refractivity contribution in [3.8, 4) is 0 Å². The van der Waals surface area contributed by atoms with Crippen molar-refractivity contribution in [3.63, 3.8) is 0 Å². The standard InChI is InChI=1S/C8H14F3N3/c1-14(5-2-3-5)4-6(7(12)13)8(9,10)11/h5-6H,2-4H2,1H3,(H3,12,13). The quantitative estimate of drug-likeness (QED) is 0.540. The Hall–Kier alpha value is -0.780. The largest absolute Gasteiger partial charge is 0.399 e. The summed E-state index contributed by atoms with van der Waals surface area (Å²) in [5.41, 5.74) is 4.93. The molecule has 0 aliphatic heterocycles. The summed E-state index contributed by atoms with van der Waals surface area (Å²) in [4.78, 5) is 1.62. The van der Waals surface area contributed by atoms with Gasteiger partial charge in [-0.05, 0) is 19.9 Å². The second-order valence-electron chi connectivity index (χ2n) is 3.72. The van der Waals surface area contributed by atoms with Crippen LogP contribution in [0.4, 0.5) is 13.2 Å². The number of alkyl halides is 3. The molecule has 0 bridgehead atoms. The molecule has 0 saturated heterocycles. The van der Waals surface area contributed by atoms with Gasteiger partial charge in [-0.25, -0.2) is 0 Å². The molecule has 1 atom stereocenters. The summed E-state index contributed by atoms with van der Waals surface area (Å²) >= 11 is 0.